The zero-order valence-electron chi connectivity index (χ0n) is 7.82. The number of hydrogen-bond donors (Lipinski definition) is 0. The summed E-state index contributed by atoms with van der Waals surface area (Å²) in [5, 5.41) is -0.158. The number of aliphatic imine (C=N–C) groups is 1. The van der Waals surface area contributed by atoms with Gasteiger partial charge in [-0.25, -0.2) is 13.2 Å². The summed E-state index contributed by atoms with van der Waals surface area (Å²) in [6.45, 7) is 0. The number of rotatable bonds is 2. The van der Waals surface area contributed by atoms with Gasteiger partial charge in [0.2, 0.25) is 6.08 Å². The first kappa shape index (κ1) is 13.7. The van der Waals surface area contributed by atoms with Crippen molar-refractivity contribution < 1.29 is 26.4 Å². The van der Waals surface area contributed by atoms with Gasteiger partial charge < -0.3 is 0 Å². The number of hydrogen-bond acceptors (Lipinski definition) is 4. The molecule has 0 radical (unpaired) electrons. The zero-order chi connectivity index (χ0) is 13.3. The van der Waals surface area contributed by atoms with E-state index in [1.807, 2.05) is 0 Å². The fourth-order valence-corrected chi connectivity index (χ4v) is 1.87. The highest BCUT2D eigenvalue weighted by molar-refractivity contribution is 7.92. The summed E-state index contributed by atoms with van der Waals surface area (Å²) in [5.74, 6) is 0. The fraction of sp³-hybridized carbons (Fsp3) is 0.125. The summed E-state index contributed by atoms with van der Waals surface area (Å²) in [6.07, 6.45) is 1.06. The monoisotopic (exact) mass is 285 g/mol. The largest absolute Gasteiger partial charge is 0.501 e. The van der Waals surface area contributed by atoms with Crippen molar-refractivity contribution in [2.45, 2.75) is 10.4 Å². The molecule has 0 N–H and O–H groups in total. The van der Waals surface area contributed by atoms with Gasteiger partial charge >= 0.3 is 5.51 Å². The average Bonchev–Trinajstić information content (AvgIpc) is 2.19. The first-order valence-corrected chi connectivity index (χ1v) is 5.75. The van der Waals surface area contributed by atoms with Crippen LogP contribution in [0.4, 0.5) is 18.9 Å². The van der Waals surface area contributed by atoms with Crippen LogP contribution in [0.15, 0.2) is 28.1 Å². The lowest BCUT2D eigenvalue weighted by Gasteiger charge is -2.08. The Morgan fingerprint density at radius 3 is 2.35 bits per heavy atom. The number of halogens is 4. The molecule has 0 aromatic heterocycles. The minimum Gasteiger partial charge on any atom is -0.214 e. The highest BCUT2D eigenvalue weighted by atomic mass is 35.5. The maximum atomic E-state index is 12.2. The fourth-order valence-electron chi connectivity index (χ4n) is 0.928. The second kappa shape index (κ2) is 4.48. The van der Waals surface area contributed by atoms with E-state index in [9.17, 15) is 26.4 Å². The minimum atomic E-state index is -5.48. The molecule has 0 fully saturated rings. The molecular formula is C8H3ClF3NO3S. The van der Waals surface area contributed by atoms with E-state index in [-0.39, 0.29) is 5.02 Å². The Labute approximate surface area is 98.6 Å². The van der Waals surface area contributed by atoms with Crippen LogP contribution in [0.5, 0.6) is 0 Å². The average molecular weight is 286 g/mol. The molecule has 9 heteroatoms. The molecule has 1 aromatic carbocycles. The number of nitrogens with zero attached hydrogens (tertiary/aromatic N) is 1. The predicted molar refractivity (Wildman–Crippen MR) is 52.5 cm³/mol. The van der Waals surface area contributed by atoms with Crippen LogP contribution in [0.3, 0.4) is 0 Å². The lowest BCUT2D eigenvalue weighted by molar-refractivity contribution is -0.0435. The van der Waals surface area contributed by atoms with Crippen molar-refractivity contribution in [2.75, 3.05) is 0 Å². The third-order valence-electron chi connectivity index (χ3n) is 1.70. The normalized spacial score (nSPS) is 12.0. The van der Waals surface area contributed by atoms with Crippen LogP contribution in [-0.2, 0) is 14.6 Å². The third-order valence-corrected chi connectivity index (χ3v) is 3.50. The molecular weight excluding hydrogens is 283 g/mol. The zero-order valence-corrected chi connectivity index (χ0v) is 9.40. The maximum Gasteiger partial charge on any atom is 0.501 e. The summed E-state index contributed by atoms with van der Waals surface area (Å²) in [5.41, 5.74) is -5.82. The Hall–Kier alpha value is -1.37. The van der Waals surface area contributed by atoms with Crippen molar-refractivity contribution in [2.24, 2.45) is 4.99 Å². The number of alkyl halides is 3. The first-order chi connectivity index (χ1) is 7.70. The molecule has 1 aromatic rings. The van der Waals surface area contributed by atoms with E-state index in [1.165, 1.54) is 0 Å². The van der Waals surface area contributed by atoms with E-state index in [2.05, 4.69) is 4.99 Å². The summed E-state index contributed by atoms with van der Waals surface area (Å²) in [4.78, 5) is 11.9. The molecule has 0 aliphatic carbocycles. The Morgan fingerprint density at radius 1 is 1.29 bits per heavy atom. The second-order valence-electron chi connectivity index (χ2n) is 2.77. The molecule has 0 amide bonds. The molecule has 0 aliphatic heterocycles. The highest BCUT2D eigenvalue weighted by Gasteiger charge is 2.47. The van der Waals surface area contributed by atoms with E-state index in [0.29, 0.717) is 12.1 Å². The Bertz CT molecular complexity index is 591. The van der Waals surface area contributed by atoms with E-state index < -0.39 is 25.9 Å². The molecule has 0 unspecified atom stereocenters. The standard InChI is InChI=1S/C8H3ClF3NO3S/c9-6-2-1-5(3-7(6)13-4-14)17(15,16)8(10,11)12/h1-3H. The Morgan fingerprint density at radius 2 is 1.88 bits per heavy atom. The minimum absolute atomic E-state index is 0.158. The van der Waals surface area contributed by atoms with Gasteiger partial charge in [-0.2, -0.15) is 18.2 Å². The van der Waals surface area contributed by atoms with Gasteiger partial charge in [0.15, 0.2) is 0 Å². The van der Waals surface area contributed by atoms with Crippen LogP contribution >= 0.6 is 11.6 Å². The quantitative estimate of drug-likeness (QED) is 0.620. The third kappa shape index (κ3) is 2.66. The SMILES string of the molecule is O=C=Nc1cc(S(=O)(=O)C(F)(F)F)ccc1Cl. The molecule has 0 aliphatic rings. The molecule has 0 spiro atoms. The smallest absolute Gasteiger partial charge is 0.214 e. The van der Waals surface area contributed by atoms with Gasteiger partial charge in [-0.1, -0.05) is 11.6 Å². The van der Waals surface area contributed by atoms with Crippen LogP contribution in [0, 0.1) is 0 Å². The van der Waals surface area contributed by atoms with Crippen LogP contribution in [0.1, 0.15) is 0 Å². The lowest BCUT2D eigenvalue weighted by Crippen LogP contribution is -2.23. The Balaban J connectivity index is 3.46. The molecule has 92 valence electrons. The number of sulfone groups is 1. The highest BCUT2D eigenvalue weighted by Crippen LogP contribution is 2.34. The van der Waals surface area contributed by atoms with E-state index in [4.69, 9.17) is 11.6 Å². The summed E-state index contributed by atoms with van der Waals surface area (Å²) >= 11 is 5.49. The van der Waals surface area contributed by atoms with E-state index >= 15 is 0 Å². The van der Waals surface area contributed by atoms with Crippen molar-refractivity contribution in [1.29, 1.82) is 0 Å². The van der Waals surface area contributed by atoms with Crippen molar-refractivity contribution in [3.63, 3.8) is 0 Å². The van der Waals surface area contributed by atoms with Crippen LogP contribution in [0.25, 0.3) is 0 Å². The second-order valence-corrected chi connectivity index (χ2v) is 5.11. The van der Waals surface area contributed by atoms with Crippen molar-refractivity contribution >= 4 is 33.2 Å². The van der Waals surface area contributed by atoms with Gasteiger partial charge in [-0.05, 0) is 18.2 Å². The Kier molecular flexibility index (Phi) is 3.61. The van der Waals surface area contributed by atoms with Gasteiger partial charge in [0, 0.05) is 0 Å². The van der Waals surface area contributed by atoms with Gasteiger partial charge in [-0.15, -0.1) is 0 Å². The molecule has 0 bridgehead atoms. The first-order valence-electron chi connectivity index (χ1n) is 3.89. The summed E-state index contributed by atoms with van der Waals surface area (Å²) < 4.78 is 58.7. The van der Waals surface area contributed by atoms with Gasteiger partial charge in [-0.3, -0.25) is 0 Å². The number of carbonyl (C=O) groups excluding carboxylic acids is 1. The van der Waals surface area contributed by atoms with Gasteiger partial charge in [0.1, 0.15) is 0 Å². The summed E-state index contributed by atoms with van der Waals surface area (Å²) in [7, 11) is -5.48. The molecule has 1 rings (SSSR count). The molecule has 0 heterocycles. The topological polar surface area (TPSA) is 63.6 Å². The van der Waals surface area contributed by atoms with Crippen molar-refractivity contribution in [3.8, 4) is 0 Å². The van der Waals surface area contributed by atoms with Gasteiger partial charge in [0.05, 0.1) is 15.6 Å². The number of isocyanates is 1. The van der Waals surface area contributed by atoms with Crippen molar-refractivity contribution in [1.82, 2.24) is 0 Å². The summed E-state index contributed by atoms with van der Waals surface area (Å²) in [6, 6.07) is 2.13. The molecule has 0 saturated heterocycles. The number of benzene rings is 1. The van der Waals surface area contributed by atoms with E-state index in [1.54, 1.807) is 0 Å². The molecule has 17 heavy (non-hydrogen) atoms. The lowest BCUT2D eigenvalue weighted by atomic mass is 10.3. The van der Waals surface area contributed by atoms with Crippen LogP contribution in [0.2, 0.25) is 5.02 Å². The predicted octanol–water partition coefficient (Wildman–Crippen LogP) is 2.60. The maximum absolute atomic E-state index is 12.2. The van der Waals surface area contributed by atoms with Crippen LogP contribution in [-0.4, -0.2) is 20.0 Å². The molecule has 0 saturated carbocycles. The molecule has 0 atom stereocenters. The van der Waals surface area contributed by atoms with Gasteiger partial charge in [0.25, 0.3) is 9.84 Å². The molecule has 4 nitrogen and oxygen atoms in total. The van der Waals surface area contributed by atoms with Crippen LogP contribution < -0.4 is 0 Å². The van der Waals surface area contributed by atoms with E-state index in [0.717, 1.165) is 12.1 Å². The van der Waals surface area contributed by atoms with Crippen molar-refractivity contribution in [3.05, 3.63) is 23.2 Å².